The lowest BCUT2D eigenvalue weighted by molar-refractivity contribution is 1.07. The quantitative estimate of drug-likeness (QED) is 0.187. The van der Waals surface area contributed by atoms with Crippen LogP contribution in [-0.4, -0.2) is 18.7 Å². The van der Waals surface area contributed by atoms with Crippen molar-refractivity contribution in [1.82, 2.24) is 18.7 Å². The molecule has 0 spiro atoms. The predicted octanol–water partition coefficient (Wildman–Crippen LogP) is 11.4. The Morgan fingerprint density at radius 3 is 1.39 bits per heavy atom. The zero-order chi connectivity index (χ0) is 32.3. The van der Waals surface area contributed by atoms with Gasteiger partial charge in [-0.05, 0) is 54.6 Å². The third kappa shape index (κ3) is 4.28. The lowest BCUT2D eigenvalue weighted by Gasteiger charge is -2.14. The van der Waals surface area contributed by atoms with Crippen LogP contribution in [-0.2, 0) is 0 Å². The third-order valence-electron chi connectivity index (χ3n) is 9.70. The Morgan fingerprint density at radius 1 is 0.327 bits per heavy atom. The number of fused-ring (bicyclic) bond motifs is 6. The molecule has 230 valence electrons. The average molecular weight is 627 g/mol. The van der Waals surface area contributed by atoms with Crippen LogP contribution in [0.4, 0.5) is 0 Å². The molecule has 3 aromatic heterocycles. The van der Waals surface area contributed by atoms with Gasteiger partial charge in [0, 0.05) is 49.7 Å². The second-order valence-corrected chi connectivity index (χ2v) is 12.5. The molecular weight excluding hydrogens is 597 g/mol. The molecule has 4 nitrogen and oxygen atoms in total. The molecule has 0 N–H and O–H groups in total. The van der Waals surface area contributed by atoms with E-state index in [1.807, 2.05) is 12.3 Å². The van der Waals surface area contributed by atoms with Gasteiger partial charge in [0.2, 0.25) is 0 Å². The van der Waals surface area contributed by atoms with E-state index < -0.39 is 0 Å². The van der Waals surface area contributed by atoms with Crippen molar-refractivity contribution in [3.63, 3.8) is 0 Å². The fourth-order valence-corrected chi connectivity index (χ4v) is 7.57. The van der Waals surface area contributed by atoms with Gasteiger partial charge in [0.1, 0.15) is 5.82 Å². The monoisotopic (exact) mass is 626 g/mol. The van der Waals surface area contributed by atoms with Crippen molar-refractivity contribution >= 4 is 43.6 Å². The van der Waals surface area contributed by atoms with Crippen LogP contribution in [0.2, 0.25) is 0 Å². The number of rotatable bonds is 5. The Labute approximate surface area is 283 Å². The highest BCUT2D eigenvalue weighted by Crippen LogP contribution is 2.38. The summed E-state index contributed by atoms with van der Waals surface area (Å²) in [5.74, 6) is 0.918. The summed E-state index contributed by atoms with van der Waals surface area (Å²) in [7, 11) is 0. The minimum Gasteiger partial charge on any atom is -0.309 e. The van der Waals surface area contributed by atoms with Gasteiger partial charge in [-0.2, -0.15) is 0 Å². The van der Waals surface area contributed by atoms with Crippen molar-refractivity contribution in [3.8, 4) is 39.7 Å². The molecule has 0 radical (unpaired) electrons. The summed E-state index contributed by atoms with van der Waals surface area (Å²) < 4.78 is 7.07. The summed E-state index contributed by atoms with van der Waals surface area (Å²) in [5, 5.41) is 4.93. The standard InChI is InChI=1S/C45H30N4/c1-3-14-31(15-4-1)44-30-46-45(32-16-5-2-6-17-32)49(44)35-26-27-43-39(29-35)38-22-9-12-25-42(38)48(43)34-19-13-18-33(28-34)47-40-23-10-7-20-36(40)37-21-8-11-24-41(37)47/h1-30H. The van der Waals surface area contributed by atoms with Crippen LogP contribution < -0.4 is 0 Å². The lowest BCUT2D eigenvalue weighted by atomic mass is 10.1. The van der Waals surface area contributed by atoms with Gasteiger partial charge in [0.15, 0.2) is 0 Å². The zero-order valence-electron chi connectivity index (χ0n) is 26.6. The number of nitrogens with zero attached hydrogens (tertiary/aromatic N) is 4. The van der Waals surface area contributed by atoms with Gasteiger partial charge in [-0.15, -0.1) is 0 Å². The maximum atomic E-state index is 4.97. The average Bonchev–Trinajstić information content (AvgIpc) is 3.86. The van der Waals surface area contributed by atoms with Crippen molar-refractivity contribution in [3.05, 3.63) is 182 Å². The van der Waals surface area contributed by atoms with Crippen LogP contribution in [0.5, 0.6) is 0 Å². The Bertz CT molecular complexity index is 2710. The van der Waals surface area contributed by atoms with E-state index >= 15 is 0 Å². The molecule has 7 aromatic carbocycles. The molecule has 0 atom stereocenters. The van der Waals surface area contributed by atoms with Gasteiger partial charge in [0.25, 0.3) is 0 Å². The van der Waals surface area contributed by atoms with Crippen molar-refractivity contribution in [1.29, 1.82) is 0 Å². The summed E-state index contributed by atoms with van der Waals surface area (Å²) in [4.78, 5) is 4.97. The lowest BCUT2D eigenvalue weighted by Crippen LogP contribution is -2.01. The highest BCUT2D eigenvalue weighted by atomic mass is 15.1. The number of hydrogen-bond acceptors (Lipinski definition) is 1. The molecule has 0 unspecified atom stereocenters. The van der Waals surface area contributed by atoms with Gasteiger partial charge >= 0.3 is 0 Å². The van der Waals surface area contributed by atoms with Crippen LogP contribution >= 0.6 is 0 Å². The van der Waals surface area contributed by atoms with Crippen LogP contribution in [0.3, 0.4) is 0 Å². The molecule has 0 aliphatic heterocycles. The molecule has 0 amide bonds. The highest BCUT2D eigenvalue weighted by Gasteiger charge is 2.19. The third-order valence-corrected chi connectivity index (χ3v) is 9.70. The summed E-state index contributed by atoms with van der Waals surface area (Å²) >= 11 is 0. The molecule has 0 saturated carbocycles. The minimum absolute atomic E-state index is 0.918. The molecule has 4 heteroatoms. The molecule has 10 aromatic rings. The van der Waals surface area contributed by atoms with E-state index in [1.54, 1.807) is 0 Å². The molecule has 0 aliphatic carbocycles. The highest BCUT2D eigenvalue weighted by molar-refractivity contribution is 6.11. The van der Waals surface area contributed by atoms with Crippen molar-refractivity contribution < 1.29 is 0 Å². The first-order chi connectivity index (χ1) is 24.3. The first-order valence-corrected chi connectivity index (χ1v) is 16.6. The van der Waals surface area contributed by atoms with Gasteiger partial charge in [0.05, 0.1) is 34.0 Å². The predicted molar refractivity (Wildman–Crippen MR) is 203 cm³/mol. The van der Waals surface area contributed by atoms with Crippen LogP contribution in [0.15, 0.2) is 182 Å². The Balaban J connectivity index is 1.19. The molecule has 3 heterocycles. The second kappa shape index (κ2) is 11.0. The van der Waals surface area contributed by atoms with E-state index in [4.69, 9.17) is 4.98 Å². The smallest absolute Gasteiger partial charge is 0.144 e. The van der Waals surface area contributed by atoms with E-state index in [0.717, 1.165) is 45.2 Å². The first kappa shape index (κ1) is 27.5. The number of imidazole rings is 1. The van der Waals surface area contributed by atoms with Crippen LogP contribution in [0.1, 0.15) is 0 Å². The number of hydrogen-bond donors (Lipinski definition) is 0. The molecule has 10 rings (SSSR count). The number of aromatic nitrogens is 4. The van der Waals surface area contributed by atoms with Gasteiger partial charge in [-0.3, -0.25) is 4.57 Å². The summed E-state index contributed by atoms with van der Waals surface area (Å²) in [5.41, 5.74) is 11.3. The van der Waals surface area contributed by atoms with E-state index in [1.165, 1.54) is 38.1 Å². The minimum atomic E-state index is 0.918. The van der Waals surface area contributed by atoms with Gasteiger partial charge in [-0.1, -0.05) is 121 Å². The topological polar surface area (TPSA) is 27.7 Å². The van der Waals surface area contributed by atoms with Gasteiger partial charge in [-0.25, -0.2) is 4.98 Å². The fourth-order valence-electron chi connectivity index (χ4n) is 7.57. The van der Waals surface area contributed by atoms with Crippen molar-refractivity contribution in [2.45, 2.75) is 0 Å². The molecule has 0 saturated heterocycles. The summed E-state index contributed by atoms with van der Waals surface area (Å²) in [6, 6.07) is 62.8. The first-order valence-electron chi connectivity index (χ1n) is 16.6. The molecule has 0 bridgehead atoms. The second-order valence-electron chi connectivity index (χ2n) is 12.5. The fraction of sp³-hybridized carbons (Fsp3) is 0. The maximum Gasteiger partial charge on any atom is 0.144 e. The Morgan fingerprint density at radius 2 is 0.796 bits per heavy atom. The Hall–Kier alpha value is -6.65. The normalized spacial score (nSPS) is 11.7. The molecule has 0 aliphatic rings. The molecule has 0 fully saturated rings. The maximum absolute atomic E-state index is 4.97. The van der Waals surface area contributed by atoms with E-state index in [9.17, 15) is 0 Å². The van der Waals surface area contributed by atoms with E-state index in [2.05, 4.69) is 184 Å². The van der Waals surface area contributed by atoms with Crippen molar-refractivity contribution in [2.75, 3.05) is 0 Å². The number of benzene rings is 7. The largest absolute Gasteiger partial charge is 0.309 e. The molecular formula is C45H30N4. The summed E-state index contributed by atoms with van der Waals surface area (Å²) in [6.07, 6.45) is 1.99. The van der Waals surface area contributed by atoms with Crippen LogP contribution in [0.25, 0.3) is 83.3 Å². The van der Waals surface area contributed by atoms with E-state index in [0.29, 0.717) is 0 Å². The zero-order valence-corrected chi connectivity index (χ0v) is 26.6. The molecule has 49 heavy (non-hydrogen) atoms. The Kier molecular flexibility index (Phi) is 6.15. The number of para-hydroxylation sites is 3. The summed E-state index contributed by atoms with van der Waals surface area (Å²) in [6.45, 7) is 0. The van der Waals surface area contributed by atoms with E-state index in [-0.39, 0.29) is 0 Å². The van der Waals surface area contributed by atoms with Gasteiger partial charge < -0.3 is 9.13 Å². The SMILES string of the molecule is c1ccc(-c2cnc(-c3ccccc3)n2-c2ccc3c(c2)c2ccccc2n3-c2cccc(-n3c4ccccc4c4ccccc43)c2)cc1. The van der Waals surface area contributed by atoms with Crippen LogP contribution in [0, 0.1) is 0 Å². The van der Waals surface area contributed by atoms with Crippen molar-refractivity contribution in [2.24, 2.45) is 0 Å².